The van der Waals surface area contributed by atoms with Crippen molar-refractivity contribution in [1.82, 2.24) is 0 Å². The number of furan rings is 1. The lowest BCUT2D eigenvalue weighted by Crippen LogP contribution is -2.29. The van der Waals surface area contributed by atoms with Gasteiger partial charge in [0.25, 0.3) is 0 Å². The van der Waals surface area contributed by atoms with E-state index in [0.717, 1.165) is 45.4 Å². The lowest BCUT2D eigenvalue weighted by Gasteiger charge is -2.36. The minimum absolute atomic E-state index is 0.160. The minimum atomic E-state index is -0.592. The smallest absolute Gasteiger partial charge is 0.135 e. The summed E-state index contributed by atoms with van der Waals surface area (Å²) in [6, 6.07) is 80.1. The molecule has 67 heavy (non-hydrogen) atoms. The van der Waals surface area contributed by atoms with E-state index in [2.05, 4.69) is 225 Å². The second kappa shape index (κ2) is 13.2. The Morgan fingerprint density at radius 1 is 0.343 bits per heavy atom. The predicted octanol–water partition coefficient (Wildman–Crippen LogP) is 16.9. The molecule has 0 amide bonds. The van der Waals surface area contributed by atoms with Crippen molar-refractivity contribution in [1.29, 1.82) is 0 Å². The van der Waals surface area contributed by atoms with Crippen LogP contribution in [0.5, 0.6) is 0 Å². The molecule has 1 aromatic heterocycles. The van der Waals surface area contributed by atoms with Crippen molar-refractivity contribution in [3.63, 3.8) is 0 Å². The molecule has 2 heteroatoms. The Bertz CT molecular complexity index is 3960. The molecule has 0 aliphatic heterocycles. The van der Waals surface area contributed by atoms with Crippen molar-refractivity contribution in [3.8, 4) is 55.6 Å². The molecule has 0 radical (unpaired) electrons. The zero-order chi connectivity index (χ0) is 44.2. The fourth-order valence-electron chi connectivity index (χ4n) is 13.1. The highest BCUT2D eigenvalue weighted by Crippen LogP contribution is 2.64. The lowest BCUT2D eigenvalue weighted by atomic mass is 9.65. The van der Waals surface area contributed by atoms with Gasteiger partial charge in [-0.2, -0.15) is 0 Å². The van der Waals surface area contributed by atoms with Crippen LogP contribution in [-0.2, 0) is 17.3 Å². The second-order valence-electron chi connectivity index (χ2n) is 19.5. The van der Waals surface area contributed by atoms with E-state index in [1.165, 1.54) is 100 Å². The highest BCUT2D eigenvalue weighted by molar-refractivity contribution is 6.07. The van der Waals surface area contributed by atoms with E-state index in [0.29, 0.717) is 0 Å². The Morgan fingerprint density at radius 3 is 1.70 bits per heavy atom. The summed E-state index contributed by atoms with van der Waals surface area (Å²) >= 11 is 0. The van der Waals surface area contributed by atoms with E-state index in [-0.39, 0.29) is 5.41 Å². The van der Waals surface area contributed by atoms with Crippen LogP contribution in [0.4, 0.5) is 17.1 Å². The third kappa shape index (κ3) is 4.79. The summed E-state index contributed by atoms with van der Waals surface area (Å²) < 4.78 is 6.42. The number of para-hydroxylation sites is 1. The predicted molar refractivity (Wildman–Crippen MR) is 276 cm³/mol. The first-order valence-corrected chi connectivity index (χ1v) is 23.6. The van der Waals surface area contributed by atoms with Gasteiger partial charge in [0.05, 0.1) is 5.41 Å². The molecule has 0 saturated heterocycles. The number of nitrogens with zero attached hydrogens (tertiary/aromatic N) is 1. The van der Waals surface area contributed by atoms with Gasteiger partial charge in [0, 0.05) is 33.2 Å². The van der Waals surface area contributed by atoms with Crippen molar-refractivity contribution in [2.24, 2.45) is 0 Å². The Balaban J connectivity index is 1.03. The fraction of sp³-hybridized carbons (Fsp3) is 0.0769. The fourth-order valence-corrected chi connectivity index (χ4v) is 13.1. The standard InChI is InChI=1S/C65H43NO/c1-64(2)54-23-11-7-20-48(54)49-31-28-43(38-59(49)64)66(42-30-34-61-53(37-42)50-21-10-14-26-60(50)67-61)41-29-33-57-52(36-41)46-18-6-5-17-45(46)47-19-8-12-24-55(47)65(57)56-25-13-9-22-51(56)63-58(65)32-27-40-35-39-15-3-4-16-44(39)62(40)63/h3-34,36-38H,35H2,1-2H3. The largest absolute Gasteiger partial charge is 0.456 e. The quantitative estimate of drug-likeness (QED) is 0.176. The van der Waals surface area contributed by atoms with Gasteiger partial charge >= 0.3 is 0 Å². The molecule has 11 aromatic rings. The summed E-state index contributed by atoms with van der Waals surface area (Å²) in [4.78, 5) is 2.48. The molecule has 1 atom stereocenters. The maximum absolute atomic E-state index is 6.42. The molecule has 1 unspecified atom stereocenters. The Labute approximate surface area is 390 Å². The Hall–Kier alpha value is -8.20. The van der Waals surface area contributed by atoms with Crippen LogP contribution in [0.2, 0.25) is 0 Å². The monoisotopic (exact) mass is 853 g/mol. The molecule has 314 valence electrons. The zero-order valence-corrected chi connectivity index (χ0v) is 37.3. The maximum Gasteiger partial charge on any atom is 0.135 e. The first-order valence-electron chi connectivity index (χ1n) is 23.6. The molecular formula is C65H43NO. The van der Waals surface area contributed by atoms with Gasteiger partial charge in [-0.25, -0.2) is 0 Å². The number of benzene rings is 10. The zero-order valence-electron chi connectivity index (χ0n) is 37.3. The molecule has 2 nitrogen and oxygen atoms in total. The average molecular weight is 854 g/mol. The van der Waals surface area contributed by atoms with Crippen LogP contribution in [0.1, 0.15) is 58.4 Å². The van der Waals surface area contributed by atoms with Gasteiger partial charge in [-0.15, -0.1) is 0 Å². The number of anilines is 3. The van der Waals surface area contributed by atoms with Crippen LogP contribution in [-0.4, -0.2) is 0 Å². The summed E-state index contributed by atoms with van der Waals surface area (Å²) in [7, 11) is 0. The van der Waals surface area contributed by atoms with Crippen molar-refractivity contribution in [2.45, 2.75) is 31.1 Å². The van der Waals surface area contributed by atoms with E-state index in [9.17, 15) is 0 Å². The molecule has 1 heterocycles. The highest BCUT2D eigenvalue weighted by Gasteiger charge is 2.51. The second-order valence-corrected chi connectivity index (χ2v) is 19.5. The number of rotatable bonds is 3. The molecule has 10 aromatic carbocycles. The summed E-state index contributed by atoms with van der Waals surface area (Å²) in [6.07, 6.45) is 0.956. The van der Waals surface area contributed by atoms with Gasteiger partial charge in [-0.3, -0.25) is 0 Å². The van der Waals surface area contributed by atoms with Crippen molar-refractivity contribution in [2.75, 3.05) is 4.90 Å². The molecule has 0 bridgehead atoms. The van der Waals surface area contributed by atoms with E-state index in [4.69, 9.17) is 4.42 Å². The molecule has 0 fully saturated rings. The van der Waals surface area contributed by atoms with E-state index in [1.54, 1.807) is 0 Å². The lowest BCUT2D eigenvalue weighted by molar-refractivity contribution is 0.660. The Kier molecular flexibility index (Phi) is 7.31. The van der Waals surface area contributed by atoms with Crippen molar-refractivity contribution >= 4 is 39.0 Å². The summed E-state index contributed by atoms with van der Waals surface area (Å²) in [6.45, 7) is 4.74. The third-order valence-electron chi connectivity index (χ3n) is 15.9. The maximum atomic E-state index is 6.42. The van der Waals surface area contributed by atoms with Gasteiger partial charge in [0.2, 0.25) is 0 Å². The SMILES string of the molecule is CC1(C)c2ccccc2-c2ccc(N(c3ccc4c(c3)-c3ccccc3-c3ccccc3C43c4ccccc4-c4c3ccc3c4-c4ccccc4C3)c3ccc4oc5ccccc5c4c3)cc21. The van der Waals surface area contributed by atoms with Crippen LogP contribution in [0.25, 0.3) is 77.6 Å². The topological polar surface area (TPSA) is 16.4 Å². The van der Waals surface area contributed by atoms with Gasteiger partial charge in [-0.1, -0.05) is 178 Å². The van der Waals surface area contributed by atoms with Crippen LogP contribution in [0, 0.1) is 0 Å². The highest BCUT2D eigenvalue weighted by atomic mass is 16.3. The van der Waals surface area contributed by atoms with E-state index in [1.807, 2.05) is 6.07 Å². The average Bonchev–Trinajstić information content (AvgIpc) is 4.08. The molecule has 4 aliphatic carbocycles. The molecule has 0 saturated carbocycles. The van der Waals surface area contributed by atoms with Crippen LogP contribution in [0.15, 0.2) is 217 Å². The first-order chi connectivity index (χ1) is 33.0. The third-order valence-corrected chi connectivity index (χ3v) is 15.9. The minimum Gasteiger partial charge on any atom is -0.456 e. The van der Waals surface area contributed by atoms with E-state index < -0.39 is 5.41 Å². The molecule has 0 N–H and O–H groups in total. The summed E-state index contributed by atoms with van der Waals surface area (Å²) in [5, 5.41) is 2.22. The number of hydrogen-bond acceptors (Lipinski definition) is 2. The number of hydrogen-bond donors (Lipinski definition) is 0. The molecule has 1 spiro atoms. The molecule has 4 aliphatic rings. The van der Waals surface area contributed by atoms with Crippen molar-refractivity contribution in [3.05, 3.63) is 257 Å². The normalized spacial score (nSPS) is 16.0. The summed E-state index contributed by atoms with van der Waals surface area (Å²) in [5.41, 5.74) is 28.3. The van der Waals surface area contributed by atoms with E-state index >= 15 is 0 Å². The van der Waals surface area contributed by atoms with Crippen LogP contribution in [0.3, 0.4) is 0 Å². The van der Waals surface area contributed by atoms with Crippen LogP contribution < -0.4 is 4.90 Å². The number of fused-ring (bicyclic) bond motifs is 22. The van der Waals surface area contributed by atoms with Crippen LogP contribution >= 0.6 is 0 Å². The summed E-state index contributed by atoms with van der Waals surface area (Å²) in [5.74, 6) is 0. The Morgan fingerprint density at radius 2 is 0.881 bits per heavy atom. The molecule has 15 rings (SSSR count). The van der Waals surface area contributed by atoms with Gasteiger partial charge in [-0.05, 0) is 155 Å². The van der Waals surface area contributed by atoms with Gasteiger partial charge in [0.1, 0.15) is 11.2 Å². The molecular weight excluding hydrogens is 811 g/mol. The first kappa shape index (κ1) is 37.1. The van der Waals surface area contributed by atoms with Gasteiger partial charge < -0.3 is 9.32 Å². The van der Waals surface area contributed by atoms with Crippen molar-refractivity contribution < 1.29 is 4.42 Å². The van der Waals surface area contributed by atoms with Gasteiger partial charge in [0.15, 0.2) is 0 Å².